The van der Waals surface area contributed by atoms with E-state index in [2.05, 4.69) is 40.8 Å². The van der Waals surface area contributed by atoms with Gasteiger partial charge in [-0.25, -0.2) is 0 Å². The molecule has 0 saturated carbocycles. The second kappa shape index (κ2) is 7.81. The maximum atomic E-state index is 3.49. The van der Waals surface area contributed by atoms with Crippen LogP contribution in [0, 0.1) is 5.92 Å². The molecule has 0 amide bonds. The third-order valence-corrected chi connectivity index (χ3v) is 6.31. The minimum absolute atomic E-state index is 0.338. The second-order valence-corrected chi connectivity index (χ2v) is 8.92. The monoisotopic (exact) mass is 322 g/mol. The lowest BCUT2D eigenvalue weighted by Gasteiger charge is -2.46. The van der Waals surface area contributed by atoms with Gasteiger partial charge >= 0.3 is 0 Å². The van der Waals surface area contributed by atoms with Gasteiger partial charge in [-0.3, -0.25) is 9.80 Å². The van der Waals surface area contributed by atoms with E-state index in [9.17, 15) is 0 Å². The first-order chi connectivity index (χ1) is 11.0. The van der Waals surface area contributed by atoms with Crippen molar-refractivity contribution < 1.29 is 0 Å². The normalized spacial score (nSPS) is 28.3. The molecule has 4 heteroatoms. The van der Waals surface area contributed by atoms with Crippen LogP contribution >= 0.6 is 0 Å². The Kier molecular flexibility index (Phi) is 6.00. The Labute approximate surface area is 143 Å². The highest BCUT2D eigenvalue weighted by Gasteiger charge is 2.31. The number of piperidine rings is 2. The molecule has 0 aliphatic carbocycles. The Balaban J connectivity index is 1.38. The second-order valence-electron chi connectivity index (χ2n) is 8.92. The van der Waals surface area contributed by atoms with Crippen molar-refractivity contribution in [1.82, 2.24) is 20.0 Å². The maximum Gasteiger partial charge on any atom is 0.0126 e. The van der Waals surface area contributed by atoms with Crippen molar-refractivity contribution in [3.05, 3.63) is 0 Å². The molecule has 0 aromatic rings. The van der Waals surface area contributed by atoms with Gasteiger partial charge in [-0.1, -0.05) is 0 Å². The van der Waals surface area contributed by atoms with E-state index in [1.807, 2.05) is 0 Å². The zero-order valence-electron chi connectivity index (χ0n) is 15.7. The molecule has 3 heterocycles. The predicted molar refractivity (Wildman–Crippen MR) is 98.0 cm³/mol. The number of hydrogen-bond acceptors (Lipinski definition) is 4. The fourth-order valence-electron chi connectivity index (χ4n) is 4.65. The largest absolute Gasteiger partial charge is 0.317 e. The quantitative estimate of drug-likeness (QED) is 0.856. The van der Waals surface area contributed by atoms with Crippen LogP contribution in [0.15, 0.2) is 0 Å². The van der Waals surface area contributed by atoms with Gasteiger partial charge in [0.05, 0.1) is 0 Å². The Hall–Kier alpha value is -0.160. The highest BCUT2D eigenvalue weighted by atomic mass is 15.3. The summed E-state index contributed by atoms with van der Waals surface area (Å²) in [4.78, 5) is 8.18. The average Bonchev–Trinajstić information content (AvgIpc) is 2.56. The Morgan fingerprint density at radius 2 is 1.43 bits per heavy atom. The lowest BCUT2D eigenvalue weighted by atomic mass is 9.95. The van der Waals surface area contributed by atoms with Crippen LogP contribution in [0.1, 0.15) is 46.5 Å². The van der Waals surface area contributed by atoms with Crippen LogP contribution in [0.3, 0.4) is 0 Å². The number of rotatable bonds is 3. The van der Waals surface area contributed by atoms with E-state index in [1.54, 1.807) is 0 Å². The zero-order valence-corrected chi connectivity index (χ0v) is 15.7. The standard InChI is InChI=1S/C19H38N4/c1-19(2,3)23-14-12-22(13-15-23)18-6-10-21(11-7-18)16-17-4-8-20-9-5-17/h17-18,20H,4-16H2,1-3H3. The fourth-order valence-corrected chi connectivity index (χ4v) is 4.65. The van der Waals surface area contributed by atoms with E-state index in [1.165, 1.54) is 84.6 Å². The lowest BCUT2D eigenvalue weighted by Crippen LogP contribution is -2.57. The van der Waals surface area contributed by atoms with Crippen LogP contribution < -0.4 is 5.32 Å². The van der Waals surface area contributed by atoms with Gasteiger partial charge in [-0.2, -0.15) is 0 Å². The first kappa shape index (κ1) is 17.7. The van der Waals surface area contributed by atoms with Crippen molar-refractivity contribution >= 4 is 0 Å². The summed E-state index contributed by atoms with van der Waals surface area (Å²) in [5.74, 6) is 0.947. The summed E-state index contributed by atoms with van der Waals surface area (Å²) in [5.41, 5.74) is 0.338. The molecular weight excluding hydrogens is 284 g/mol. The minimum atomic E-state index is 0.338. The molecule has 3 aliphatic rings. The molecule has 0 unspecified atom stereocenters. The average molecular weight is 323 g/mol. The summed E-state index contributed by atoms with van der Waals surface area (Å²) in [5, 5.41) is 3.49. The molecule has 3 saturated heterocycles. The summed E-state index contributed by atoms with van der Waals surface area (Å²) < 4.78 is 0. The van der Waals surface area contributed by atoms with Crippen molar-refractivity contribution in [3.63, 3.8) is 0 Å². The Morgan fingerprint density at radius 1 is 0.826 bits per heavy atom. The molecule has 3 aliphatic heterocycles. The summed E-state index contributed by atoms with van der Waals surface area (Å²) in [7, 11) is 0. The topological polar surface area (TPSA) is 21.8 Å². The SMILES string of the molecule is CC(C)(C)N1CCN(C2CCN(CC3CCNCC3)CC2)CC1. The minimum Gasteiger partial charge on any atom is -0.317 e. The van der Waals surface area contributed by atoms with Gasteiger partial charge < -0.3 is 10.2 Å². The van der Waals surface area contributed by atoms with Crippen molar-refractivity contribution in [3.8, 4) is 0 Å². The van der Waals surface area contributed by atoms with Gasteiger partial charge in [0, 0.05) is 44.3 Å². The highest BCUT2D eigenvalue weighted by Crippen LogP contribution is 2.23. The van der Waals surface area contributed by atoms with Crippen LogP contribution in [0.25, 0.3) is 0 Å². The molecule has 0 aromatic carbocycles. The molecule has 1 N–H and O–H groups in total. The summed E-state index contributed by atoms with van der Waals surface area (Å²) in [6.07, 6.45) is 5.55. The number of nitrogens with one attached hydrogen (secondary N) is 1. The zero-order chi connectivity index (χ0) is 16.3. The smallest absolute Gasteiger partial charge is 0.0126 e. The maximum absolute atomic E-state index is 3.49. The van der Waals surface area contributed by atoms with Gasteiger partial charge in [-0.05, 0) is 78.6 Å². The summed E-state index contributed by atoms with van der Waals surface area (Å²) >= 11 is 0. The van der Waals surface area contributed by atoms with E-state index in [4.69, 9.17) is 0 Å². The molecule has 134 valence electrons. The van der Waals surface area contributed by atoms with Crippen molar-refractivity contribution in [2.75, 3.05) is 58.9 Å². The number of likely N-dealkylation sites (tertiary alicyclic amines) is 1. The molecule has 0 aromatic heterocycles. The first-order valence-corrected chi connectivity index (χ1v) is 9.94. The number of nitrogens with zero attached hydrogens (tertiary/aromatic N) is 3. The summed E-state index contributed by atoms with van der Waals surface area (Å²) in [6.45, 7) is 18.6. The molecule has 0 atom stereocenters. The highest BCUT2D eigenvalue weighted by molar-refractivity contribution is 4.87. The Morgan fingerprint density at radius 3 is 2.00 bits per heavy atom. The van der Waals surface area contributed by atoms with Crippen molar-refractivity contribution in [2.24, 2.45) is 5.92 Å². The van der Waals surface area contributed by atoms with E-state index in [-0.39, 0.29) is 0 Å². The van der Waals surface area contributed by atoms with E-state index in [0.717, 1.165) is 12.0 Å². The third kappa shape index (κ3) is 4.91. The van der Waals surface area contributed by atoms with Gasteiger partial charge in [-0.15, -0.1) is 0 Å². The first-order valence-electron chi connectivity index (χ1n) is 9.94. The van der Waals surface area contributed by atoms with Crippen LogP contribution in [0.2, 0.25) is 0 Å². The van der Waals surface area contributed by atoms with Crippen LogP contribution in [-0.4, -0.2) is 85.2 Å². The van der Waals surface area contributed by atoms with Gasteiger partial charge in [0.25, 0.3) is 0 Å². The van der Waals surface area contributed by atoms with Gasteiger partial charge in [0.2, 0.25) is 0 Å². The molecule has 4 nitrogen and oxygen atoms in total. The van der Waals surface area contributed by atoms with Crippen LogP contribution in [0.4, 0.5) is 0 Å². The van der Waals surface area contributed by atoms with Crippen LogP contribution in [-0.2, 0) is 0 Å². The Bertz CT molecular complexity index is 343. The van der Waals surface area contributed by atoms with E-state index < -0.39 is 0 Å². The molecule has 3 fully saturated rings. The third-order valence-electron chi connectivity index (χ3n) is 6.31. The molecule has 23 heavy (non-hydrogen) atoms. The van der Waals surface area contributed by atoms with E-state index in [0.29, 0.717) is 5.54 Å². The fraction of sp³-hybridized carbons (Fsp3) is 1.00. The van der Waals surface area contributed by atoms with Gasteiger partial charge in [0.1, 0.15) is 0 Å². The molecular formula is C19H38N4. The molecule has 0 spiro atoms. The van der Waals surface area contributed by atoms with Gasteiger partial charge in [0.15, 0.2) is 0 Å². The molecule has 3 rings (SSSR count). The molecule has 0 bridgehead atoms. The van der Waals surface area contributed by atoms with Crippen LogP contribution in [0.5, 0.6) is 0 Å². The number of hydrogen-bond donors (Lipinski definition) is 1. The van der Waals surface area contributed by atoms with Crippen molar-refractivity contribution in [2.45, 2.75) is 58.0 Å². The van der Waals surface area contributed by atoms with E-state index >= 15 is 0 Å². The lowest BCUT2D eigenvalue weighted by molar-refractivity contribution is 0.0216. The summed E-state index contributed by atoms with van der Waals surface area (Å²) in [6, 6.07) is 0.849. The predicted octanol–water partition coefficient (Wildman–Crippen LogP) is 1.87. The molecule has 0 radical (unpaired) electrons. The van der Waals surface area contributed by atoms with Crippen molar-refractivity contribution in [1.29, 1.82) is 0 Å². The number of piperazine rings is 1.